The van der Waals surface area contributed by atoms with Gasteiger partial charge in [-0.2, -0.15) is 0 Å². The van der Waals surface area contributed by atoms with Crippen molar-refractivity contribution in [3.8, 4) is 11.5 Å². The second-order valence-electron chi connectivity index (χ2n) is 5.24. The zero-order chi connectivity index (χ0) is 16.4. The summed E-state index contributed by atoms with van der Waals surface area (Å²) in [6.45, 7) is 1.76. The topological polar surface area (TPSA) is 90.7 Å². The molecule has 2 amide bonds. The summed E-state index contributed by atoms with van der Waals surface area (Å²) in [5, 5.41) is 2.72. The van der Waals surface area contributed by atoms with Gasteiger partial charge in [-0.25, -0.2) is 0 Å². The average Bonchev–Trinajstić information content (AvgIpc) is 2.54. The minimum atomic E-state index is -0.790. The number of nitrogens with one attached hydrogen (secondary N) is 1. The standard InChI is InChI=1S/C17H16N2O4/c1-10-15(23-14-8-3-2-7-13(14)22-10)17(21)19-12-6-4-5-11(9-12)16(18)20/h2-10,15H,1H3,(H2,18,20)(H,19,21)/t10-,15-/m1/s1. The van der Waals surface area contributed by atoms with Gasteiger partial charge in [0.15, 0.2) is 11.5 Å². The number of benzene rings is 2. The first-order valence-electron chi connectivity index (χ1n) is 7.17. The van der Waals surface area contributed by atoms with Crippen molar-refractivity contribution in [2.45, 2.75) is 19.1 Å². The maximum atomic E-state index is 12.4. The number of para-hydroxylation sites is 2. The molecule has 0 unspecified atom stereocenters. The first kappa shape index (κ1) is 14.9. The van der Waals surface area contributed by atoms with Crippen LogP contribution in [0.5, 0.6) is 11.5 Å². The number of anilines is 1. The Morgan fingerprint density at radius 3 is 2.43 bits per heavy atom. The van der Waals surface area contributed by atoms with E-state index in [4.69, 9.17) is 15.2 Å². The Hall–Kier alpha value is -3.02. The van der Waals surface area contributed by atoms with E-state index in [2.05, 4.69) is 5.32 Å². The predicted octanol–water partition coefficient (Wildman–Crippen LogP) is 1.95. The molecule has 0 spiro atoms. The van der Waals surface area contributed by atoms with E-state index in [1.807, 2.05) is 12.1 Å². The van der Waals surface area contributed by atoms with Crippen LogP contribution < -0.4 is 20.5 Å². The van der Waals surface area contributed by atoms with Gasteiger partial charge < -0.3 is 20.5 Å². The zero-order valence-corrected chi connectivity index (χ0v) is 12.5. The van der Waals surface area contributed by atoms with Crippen LogP contribution in [0.3, 0.4) is 0 Å². The third-order valence-corrected chi connectivity index (χ3v) is 3.52. The number of primary amides is 1. The molecule has 0 bridgehead atoms. The summed E-state index contributed by atoms with van der Waals surface area (Å²) in [5.41, 5.74) is 6.03. The molecule has 0 fully saturated rings. The van der Waals surface area contributed by atoms with Crippen LogP contribution in [0.2, 0.25) is 0 Å². The summed E-state index contributed by atoms with van der Waals surface area (Å²) in [7, 11) is 0. The molecular formula is C17H16N2O4. The minimum absolute atomic E-state index is 0.321. The summed E-state index contributed by atoms with van der Waals surface area (Å²) in [6.07, 6.45) is -1.23. The van der Waals surface area contributed by atoms with Crippen LogP contribution in [-0.4, -0.2) is 24.0 Å². The lowest BCUT2D eigenvalue weighted by Crippen LogP contribution is -2.46. The number of fused-ring (bicyclic) bond motifs is 1. The minimum Gasteiger partial charge on any atom is -0.482 e. The smallest absolute Gasteiger partial charge is 0.269 e. The van der Waals surface area contributed by atoms with E-state index in [0.29, 0.717) is 22.7 Å². The highest BCUT2D eigenvalue weighted by atomic mass is 16.6. The number of hydrogen-bond donors (Lipinski definition) is 2. The molecule has 0 saturated carbocycles. The second-order valence-corrected chi connectivity index (χ2v) is 5.24. The number of hydrogen-bond acceptors (Lipinski definition) is 4. The van der Waals surface area contributed by atoms with Crippen LogP contribution in [0.1, 0.15) is 17.3 Å². The Kier molecular flexibility index (Phi) is 3.89. The van der Waals surface area contributed by atoms with E-state index >= 15 is 0 Å². The van der Waals surface area contributed by atoms with Gasteiger partial charge in [-0.3, -0.25) is 9.59 Å². The maximum absolute atomic E-state index is 12.4. The molecule has 2 atom stereocenters. The van der Waals surface area contributed by atoms with E-state index in [1.54, 1.807) is 37.3 Å². The molecule has 118 valence electrons. The van der Waals surface area contributed by atoms with Crippen LogP contribution in [0.4, 0.5) is 5.69 Å². The number of ether oxygens (including phenoxy) is 2. The number of nitrogens with two attached hydrogens (primary N) is 1. The summed E-state index contributed by atoms with van der Waals surface area (Å²) in [5.74, 6) is 0.227. The molecule has 0 aliphatic carbocycles. The summed E-state index contributed by atoms with van der Waals surface area (Å²) >= 11 is 0. The van der Waals surface area contributed by atoms with Crippen LogP contribution >= 0.6 is 0 Å². The van der Waals surface area contributed by atoms with Gasteiger partial charge >= 0.3 is 0 Å². The van der Waals surface area contributed by atoms with Crippen molar-refractivity contribution in [3.05, 3.63) is 54.1 Å². The first-order valence-corrected chi connectivity index (χ1v) is 7.17. The molecule has 6 heteroatoms. The molecule has 6 nitrogen and oxygen atoms in total. The van der Waals surface area contributed by atoms with Gasteiger partial charge in [0.05, 0.1) is 0 Å². The second kappa shape index (κ2) is 6.00. The van der Waals surface area contributed by atoms with Crippen molar-refractivity contribution in [3.63, 3.8) is 0 Å². The van der Waals surface area contributed by atoms with Crippen molar-refractivity contribution in [1.29, 1.82) is 0 Å². The van der Waals surface area contributed by atoms with Gasteiger partial charge in [0.1, 0.15) is 6.10 Å². The third-order valence-electron chi connectivity index (χ3n) is 3.52. The van der Waals surface area contributed by atoms with E-state index in [9.17, 15) is 9.59 Å². The number of carbonyl (C=O) groups is 2. The van der Waals surface area contributed by atoms with Gasteiger partial charge in [-0.05, 0) is 37.3 Å². The summed E-state index contributed by atoms with van der Waals surface area (Å²) < 4.78 is 11.4. The fourth-order valence-corrected chi connectivity index (χ4v) is 2.37. The molecular weight excluding hydrogens is 296 g/mol. The van der Waals surface area contributed by atoms with Crippen molar-refractivity contribution in [2.24, 2.45) is 5.73 Å². The molecule has 1 aliphatic heterocycles. The monoisotopic (exact) mass is 312 g/mol. The molecule has 0 saturated heterocycles. The van der Waals surface area contributed by atoms with Crippen molar-refractivity contribution in [1.82, 2.24) is 0 Å². The Balaban J connectivity index is 1.76. The average molecular weight is 312 g/mol. The van der Waals surface area contributed by atoms with Gasteiger partial charge in [0.2, 0.25) is 12.0 Å². The zero-order valence-electron chi connectivity index (χ0n) is 12.5. The summed E-state index contributed by atoms with van der Waals surface area (Å²) in [4.78, 5) is 23.6. The summed E-state index contributed by atoms with van der Waals surface area (Å²) in [6, 6.07) is 13.6. The molecule has 3 rings (SSSR count). The lowest BCUT2D eigenvalue weighted by Gasteiger charge is -2.31. The van der Waals surface area contributed by atoms with Crippen LogP contribution in [0.25, 0.3) is 0 Å². The predicted molar refractivity (Wildman–Crippen MR) is 84.5 cm³/mol. The van der Waals surface area contributed by atoms with E-state index in [0.717, 1.165) is 0 Å². The first-order chi connectivity index (χ1) is 11.0. The SMILES string of the molecule is C[C@H]1Oc2ccccc2O[C@H]1C(=O)Nc1cccc(C(N)=O)c1. The third kappa shape index (κ3) is 3.11. The van der Waals surface area contributed by atoms with E-state index in [1.165, 1.54) is 6.07 Å². The largest absolute Gasteiger partial charge is 0.482 e. The van der Waals surface area contributed by atoms with Gasteiger partial charge in [0.25, 0.3) is 5.91 Å². The number of amides is 2. The van der Waals surface area contributed by atoms with Crippen LogP contribution in [-0.2, 0) is 4.79 Å². The van der Waals surface area contributed by atoms with Crippen molar-refractivity contribution < 1.29 is 19.1 Å². The Morgan fingerprint density at radius 2 is 1.74 bits per heavy atom. The highest BCUT2D eigenvalue weighted by Gasteiger charge is 2.34. The molecule has 1 heterocycles. The number of rotatable bonds is 3. The highest BCUT2D eigenvalue weighted by molar-refractivity contribution is 5.98. The van der Waals surface area contributed by atoms with E-state index < -0.39 is 18.1 Å². The van der Waals surface area contributed by atoms with Crippen molar-refractivity contribution in [2.75, 3.05) is 5.32 Å². The quantitative estimate of drug-likeness (QED) is 0.906. The highest BCUT2D eigenvalue weighted by Crippen LogP contribution is 2.33. The van der Waals surface area contributed by atoms with Gasteiger partial charge in [0, 0.05) is 11.3 Å². The molecule has 0 radical (unpaired) electrons. The maximum Gasteiger partial charge on any atom is 0.269 e. The molecule has 2 aromatic rings. The molecule has 1 aliphatic rings. The van der Waals surface area contributed by atoms with Crippen LogP contribution in [0.15, 0.2) is 48.5 Å². The lowest BCUT2D eigenvalue weighted by molar-refractivity contribution is -0.128. The fraction of sp³-hybridized carbons (Fsp3) is 0.176. The van der Waals surface area contributed by atoms with Crippen LogP contribution in [0, 0.1) is 0 Å². The van der Waals surface area contributed by atoms with E-state index in [-0.39, 0.29) is 5.91 Å². The molecule has 23 heavy (non-hydrogen) atoms. The lowest BCUT2D eigenvalue weighted by atomic mass is 10.1. The fourth-order valence-electron chi connectivity index (χ4n) is 2.37. The Bertz CT molecular complexity index is 760. The van der Waals surface area contributed by atoms with Crippen molar-refractivity contribution >= 4 is 17.5 Å². The molecule has 2 aromatic carbocycles. The number of carbonyl (C=O) groups excluding carboxylic acids is 2. The Morgan fingerprint density at radius 1 is 1.04 bits per heavy atom. The Labute approximate surface area is 133 Å². The molecule has 0 aromatic heterocycles. The normalized spacial score (nSPS) is 19.0. The van der Waals surface area contributed by atoms with Gasteiger partial charge in [-0.15, -0.1) is 0 Å². The van der Waals surface area contributed by atoms with Gasteiger partial charge in [-0.1, -0.05) is 18.2 Å². The molecule has 3 N–H and O–H groups in total.